The molecule has 4 aromatic rings. The molecule has 0 aliphatic carbocycles. The number of nitrogens with zero attached hydrogens (tertiary/aromatic N) is 7. The zero-order valence-electron chi connectivity index (χ0n) is 21.5. The molecule has 0 radical (unpaired) electrons. The second kappa shape index (κ2) is 9.29. The highest BCUT2D eigenvalue weighted by molar-refractivity contribution is 5.85. The van der Waals surface area contributed by atoms with E-state index in [9.17, 15) is 5.11 Å². The smallest absolute Gasteiger partial charge is 0.245 e. The lowest BCUT2D eigenvalue weighted by molar-refractivity contribution is 0.160. The monoisotopic (exact) mass is 508 g/mol. The Labute approximate surface area is 217 Å². The Morgan fingerprint density at radius 3 is 2.36 bits per heavy atom. The minimum atomic E-state index is 0. The number of phenols is 1. The van der Waals surface area contributed by atoms with Gasteiger partial charge in [-0.05, 0) is 64.8 Å². The highest BCUT2D eigenvalue weighted by Gasteiger charge is 2.39. The highest BCUT2D eigenvalue weighted by atomic mass is 35.5. The number of nitrogens with one attached hydrogen (secondary N) is 1. The summed E-state index contributed by atoms with van der Waals surface area (Å²) in [7, 11) is 3.96. The number of fused-ring (bicyclic) bond motifs is 1. The predicted molar refractivity (Wildman–Crippen MR) is 144 cm³/mol. The summed E-state index contributed by atoms with van der Waals surface area (Å²) in [6.45, 7) is 8.92. The van der Waals surface area contributed by atoms with Crippen molar-refractivity contribution in [2.45, 2.75) is 57.7 Å². The van der Waals surface area contributed by atoms with Crippen LogP contribution in [0.2, 0.25) is 0 Å². The van der Waals surface area contributed by atoms with E-state index in [0.29, 0.717) is 28.9 Å². The van der Waals surface area contributed by atoms with Gasteiger partial charge >= 0.3 is 0 Å². The van der Waals surface area contributed by atoms with E-state index in [2.05, 4.69) is 63.1 Å². The van der Waals surface area contributed by atoms with Crippen molar-refractivity contribution in [2.75, 3.05) is 11.9 Å². The number of piperidine rings is 1. The van der Waals surface area contributed by atoms with E-state index in [-0.39, 0.29) is 29.2 Å². The first-order valence-electron chi connectivity index (χ1n) is 11.9. The molecule has 0 bridgehead atoms. The Morgan fingerprint density at radius 1 is 1.00 bits per heavy atom. The van der Waals surface area contributed by atoms with Crippen molar-refractivity contribution >= 4 is 29.5 Å². The number of pyridine rings is 1. The van der Waals surface area contributed by atoms with Crippen LogP contribution in [-0.2, 0) is 7.05 Å². The molecule has 0 saturated carbocycles. The average molecular weight is 509 g/mol. The lowest BCUT2D eigenvalue weighted by Gasteiger charge is -2.48. The average Bonchev–Trinajstić information content (AvgIpc) is 3.17. The highest BCUT2D eigenvalue weighted by Crippen LogP contribution is 2.34. The summed E-state index contributed by atoms with van der Waals surface area (Å²) in [5, 5.41) is 23.3. The number of hydrogen-bond acceptors (Lipinski definition) is 8. The number of imidazole rings is 1. The van der Waals surface area contributed by atoms with Gasteiger partial charge in [0.1, 0.15) is 11.4 Å². The van der Waals surface area contributed by atoms with Gasteiger partial charge in [-0.3, -0.25) is 0 Å². The lowest BCUT2D eigenvalue weighted by Crippen LogP contribution is -2.62. The van der Waals surface area contributed by atoms with E-state index < -0.39 is 0 Å². The van der Waals surface area contributed by atoms with E-state index in [1.807, 2.05) is 42.9 Å². The van der Waals surface area contributed by atoms with Gasteiger partial charge in [-0.1, -0.05) is 6.07 Å². The van der Waals surface area contributed by atoms with Crippen LogP contribution in [0.4, 0.5) is 5.95 Å². The second-order valence-corrected chi connectivity index (χ2v) is 10.8. The molecule has 1 saturated heterocycles. The molecule has 0 atom stereocenters. The molecule has 190 valence electrons. The van der Waals surface area contributed by atoms with Gasteiger partial charge in [0.25, 0.3) is 0 Å². The molecule has 1 aromatic carbocycles. The third kappa shape index (κ3) is 4.99. The first-order chi connectivity index (χ1) is 16.5. The van der Waals surface area contributed by atoms with Crippen LogP contribution in [0, 0.1) is 0 Å². The van der Waals surface area contributed by atoms with Crippen LogP contribution in [0.5, 0.6) is 5.75 Å². The Bertz CT molecular complexity index is 1370. The molecule has 1 aliphatic rings. The number of hydrogen-bond donors (Lipinski definition) is 2. The van der Waals surface area contributed by atoms with E-state index in [0.717, 1.165) is 29.6 Å². The molecule has 1 fully saturated rings. The first-order valence-corrected chi connectivity index (χ1v) is 11.9. The molecule has 10 heteroatoms. The Hall–Kier alpha value is -3.30. The van der Waals surface area contributed by atoms with Gasteiger partial charge in [-0.2, -0.15) is 0 Å². The van der Waals surface area contributed by atoms with Gasteiger partial charge < -0.3 is 19.9 Å². The molecular weight excluding hydrogens is 476 g/mol. The second-order valence-electron chi connectivity index (χ2n) is 10.8. The molecule has 5 rings (SSSR count). The van der Waals surface area contributed by atoms with Crippen molar-refractivity contribution in [3.05, 3.63) is 42.9 Å². The van der Waals surface area contributed by atoms with Crippen molar-refractivity contribution < 1.29 is 5.11 Å². The molecule has 3 aromatic heterocycles. The van der Waals surface area contributed by atoms with Crippen LogP contribution in [0.1, 0.15) is 40.5 Å². The normalized spacial score (nSPS) is 17.1. The Balaban J connectivity index is 0.00000304. The largest absolute Gasteiger partial charge is 0.507 e. The van der Waals surface area contributed by atoms with Crippen molar-refractivity contribution in [3.8, 4) is 28.3 Å². The number of halogens is 1. The number of aromatic hydroxyl groups is 1. The molecule has 0 spiro atoms. The number of aromatic nitrogens is 6. The fourth-order valence-electron chi connectivity index (χ4n) is 5.34. The van der Waals surface area contributed by atoms with Crippen LogP contribution in [0.15, 0.2) is 42.9 Å². The van der Waals surface area contributed by atoms with Crippen LogP contribution in [-0.4, -0.2) is 59.0 Å². The van der Waals surface area contributed by atoms with Crippen LogP contribution in [0.25, 0.3) is 33.7 Å². The van der Waals surface area contributed by atoms with E-state index in [4.69, 9.17) is 0 Å². The van der Waals surface area contributed by atoms with E-state index in [1.165, 1.54) is 0 Å². The van der Waals surface area contributed by atoms with Gasteiger partial charge in [0.05, 0.1) is 23.7 Å². The number of phenolic OH excluding ortho intramolecular Hbond substituents is 1. The van der Waals surface area contributed by atoms with Gasteiger partial charge in [0.15, 0.2) is 5.65 Å². The number of rotatable bonds is 4. The van der Waals surface area contributed by atoms with Gasteiger partial charge in [0.2, 0.25) is 5.95 Å². The van der Waals surface area contributed by atoms with E-state index >= 15 is 0 Å². The standard InChI is InChI=1S/C26H32N8O.ClH/c1-25(2)12-17(13-26(3,4)32-25)34(6)24-27-14-20(30-31-24)18-8-7-16(11-22(18)35)19-9-10-21-23(29-19)28-15-33(21)5;/h7-11,14-15,17,32,35H,12-13H2,1-6H3;1H. The molecule has 1 aliphatic heterocycles. The number of benzene rings is 1. The van der Waals surface area contributed by atoms with Crippen molar-refractivity contribution in [1.29, 1.82) is 0 Å². The predicted octanol–water partition coefficient (Wildman–Crippen LogP) is 4.36. The van der Waals surface area contributed by atoms with Crippen LogP contribution >= 0.6 is 12.4 Å². The summed E-state index contributed by atoms with van der Waals surface area (Å²) >= 11 is 0. The van der Waals surface area contributed by atoms with Gasteiger partial charge in [0, 0.05) is 42.3 Å². The fourth-order valence-corrected chi connectivity index (χ4v) is 5.34. The third-order valence-corrected chi connectivity index (χ3v) is 6.74. The molecule has 2 N–H and O–H groups in total. The minimum Gasteiger partial charge on any atom is -0.507 e. The maximum absolute atomic E-state index is 10.8. The quantitative estimate of drug-likeness (QED) is 0.419. The zero-order valence-corrected chi connectivity index (χ0v) is 22.3. The number of anilines is 1. The molecule has 9 nitrogen and oxygen atoms in total. The summed E-state index contributed by atoms with van der Waals surface area (Å²) in [6, 6.07) is 9.62. The SMILES string of the molecule is CN(c1ncc(-c2ccc(-c3ccc4c(ncn4C)n3)cc2O)nn1)C1CC(C)(C)NC(C)(C)C1.Cl. The summed E-state index contributed by atoms with van der Waals surface area (Å²) < 4.78 is 1.92. The summed E-state index contributed by atoms with van der Waals surface area (Å²) in [5.74, 6) is 0.681. The zero-order chi connectivity index (χ0) is 25.0. The fraction of sp³-hybridized carbons (Fsp3) is 0.423. The Kier molecular flexibility index (Phi) is 6.66. The molecule has 0 amide bonds. The molecule has 0 unspecified atom stereocenters. The van der Waals surface area contributed by atoms with Crippen molar-refractivity contribution in [2.24, 2.45) is 7.05 Å². The van der Waals surface area contributed by atoms with Crippen LogP contribution < -0.4 is 10.2 Å². The molecular formula is C26H33ClN8O. The lowest BCUT2D eigenvalue weighted by atomic mass is 9.79. The first kappa shape index (κ1) is 25.8. The maximum Gasteiger partial charge on any atom is 0.245 e. The summed E-state index contributed by atoms with van der Waals surface area (Å²) in [6.07, 6.45) is 5.38. The third-order valence-electron chi connectivity index (χ3n) is 6.74. The van der Waals surface area contributed by atoms with Crippen molar-refractivity contribution in [1.82, 2.24) is 35.0 Å². The van der Waals surface area contributed by atoms with Crippen LogP contribution in [0.3, 0.4) is 0 Å². The van der Waals surface area contributed by atoms with Gasteiger partial charge in [-0.25, -0.2) is 15.0 Å². The topological polar surface area (TPSA) is 105 Å². The maximum atomic E-state index is 10.8. The minimum absolute atomic E-state index is 0. The summed E-state index contributed by atoms with van der Waals surface area (Å²) in [4.78, 5) is 15.6. The van der Waals surface area contributed by atoms with Gasteiger partial charge in [-0.15, -0.1) is 22.6 Å². The van der Waals surface area contributed by atoms with E-state index in [1.54, 1.807) is 18.6 Å². The molecule has 4 heterocycles. The van der Waals surface area contributed by atoms with Crippen molar-refractivity contribution in [3.63, 3.8) is 0 Å². The number of aryl methyl sites for hydroxylation is 1. The summed E-state index contributed by atoms with van der Waals surface area (Å²) in [5.41, 5.74) is 4.31. The Morgan fingerprint density at radius 2 is 1.72 bits per heavy atom. The molecule has 36 heavy (non-hydrogen) atoms.